The largest absolute Gasteiger partial charge is 0.434 e. The summed E-state index contributed by atoms with van der Waals surface area (Å²) >= 11 is 5.57. The van der Waals surface area contributed by atoms with E-state index in [2.05, 4.69) is 9.97 Å². The number of halogens is 3. The fourth-order valence-corrected chi connectivity index (χ4v) is 1.30. The van der Waals surface area contributed by atoms with E-state index in [4.69, 9.17) is 16.3 Å². The Kier molecular flexibility index (Phi) is 3.49. The molecule has 0 bridgehead atoms. The molecule has 2 aromatic rings. The van der Waals surface area contributed by atoms with Gasteiger partial charge in [0.25, 0.3) is 0 Å². The molecular formula is C11H7ClF2N2O. The Morgan fingerprint density at radius 3 is 2.82 bits per heavy atom. The molecule has 1 aromatic heterocycles. The number of hydrogen-bond acceptors (Lipinski definition) is 3. The minimum Gasteiger partial charge on any atom is -0.434 e. The van der Waals surface area contributed by atoms with Crippen LogP contribution in [0.5, 0.6) is 11.6 Å². The first-order valence-electron chi connectivity index (χ1n) is 4.69. The van der Waals surface area contributed by atoms with Gasteiger partial charge in [0.05, 0.1) is 17.8 Å². The molecule has 2 rings (SSSR count). The number of rotatable bonds is 3. The smallest absolute Gasteiger partial charge is 0.238 e. The first-order valence-corrected chi connectivity index (χ1v) is 5.23. The summed E-state index contributed by atoms with van der Waals surface area (Å²) < 4.78 is 31.3. The Hall–Kier alpha value is -1.75. The summed E-state index contributed by atoms with van der Waals surface area (Å²) in [6, 6.07) is 3.64. The van der Waals surface area contributed by atoms with Crippen molar-refractivity contribution in [3.05, 3.63) is 47.9 Å². The summed E-state index contributed by atoms with van der Waals surface area (Å²) in [6.45, 7) is 0. The lowest BCUT2D eigenvalue weighted by atomic mass is 10.3. The molecule has 6 heteroatoms. The van der Waals surface area contributed by atoms with Crippen LogP contribution in [-0.2, 0) is 5.88 Å². The van der Waals surface area contributed by atoms with Crippen molar-refractivity contribution in [2.24, 2.45) is 0 Å². The molecule has 1 heterocycles. The summed E-state index contributed by atoms with van der Waals surface area (Å²) in [5, 5.41) is 0. The van der Waals surface area contributed by atoms with Gasteiger partial charge in [-0.1, -0.05) is 6.07 Å². The summed E-state index contributed by atoms with van der Waals surface area (Å²) in [7, 11) is 0. The molecule has 0 aliphatic carbocycles. The number of hydrogen-bond donors (Lipinski definition) is 0. The second-order valence-corrected chi connectivity index (χ2v) is 3.40. The van der Waals surface area contributed by atoms with Crippen LogP contribution in [0, 0.1) is 11.6 Å². The zero-order chi connectivity index (χ0) is 12.3. The molecule has 0 saturated carbocycles. The van der Waals surface area contributed by atoms with Crippen molar-refractivity contribution < 1.29 is 13.5 Å². The Morgan fingerprint density at radius 1 is 1.24 bits per heavy atom. The molecule has 1 aromatic carbocycles. The highest BCUT2D eigenvalue weighted by atomic mass is 35.5. The molecule has 0 N–H and O–H groups in total. The number of ether oxygens (including phenoxy) is 1. The lowest BCUT2D eigenvalue weighted by Crippen LogP contribution is -1.96. The third-order valence-electron chi connectivity index (χ3n) is 1.93. The van der Waals surface area contributed by atoms with Gasteiger partial charge < -0.3 is 4.74 Å². The molecule has 0 unspecified atom stereocenters. The second kappa shape index (κ2) is 5.05. The van der Waals surface area contributed by atoms with Crippen molar-refractivity contribution >= 4 is 11.6 Å². The highest BCUT2D eigenvalue weighted by Crippen LogP contribution is 2.24. The summed E-state index contributed by atoms with van der Waals surface area (Å²) in [6.07, 6.45) is 2.75. The predicted molar refractivity (Wildman–Crippen MR) is 58.0 cm³/mol. The highest BCUT2D eigenvalue weighted by molar-refractivity contribution is 6.16. The molecule has 0 spiro atoms. The number of nitrogens with zero attached hydrogens (tertiary/aromatic N) is 2. The van der Waals surface area contributed by atoms with Crippen LogP contribution in [0.1, 0.15) is 5.69 Å². The Balaban J connectivity index is 2.28. The molecule has 0 aliphatic heterocycles. The van der Waals surface area contributed by atoms with Crippen molar-refractivity contribution in [1.29, 1.82) is 0 Å². The van der Waals surface area contributed by atoms with Gasteiger partial charge in [-0.05, 0) is 12.1 Å². The normalized spacial score (nSPS) is 10.3. The van der Waals surface area contributed by atoms with Crippen LogP contribution >= 0.6 is 11.6 Å². The second-order valence-electron chi connectivity index (χ2n) is 3.14. The Labute approximate surface area is 101 Å². The third-order valence-corrected chi connectivity index (χ3v) is 2.20. The first kappa shape index (κ1) is 11.7. The van der Waals surface area contributed by atoms with E-state index in [1.54, 1.807) is 0 Å². The summed E-state index contributed by atoms with van der Waals surface area (Å²) in [5.74, 6) is -2.07. The van der Waals surface area contributed by atoms with Crippen LogP contribution in [-0.4, -0.2) is 9.97 Å². The molecule has 0 saturated heterocycles. The average molecular weight is 257 g/mol. The van der Waals surface area contributed by atoms with Crippen LogP contribution in [0.2, 0.25) is 0 Å². The van der Waals surface area contributed by atoms with Crippen molar-refractivity contribution in [3.63, 3.8) is 0 Å². The third kappa shape index (κ3) is 2.68. The molecule has 0 amide bonds. The van der Waals surface area contributed by atoms with E-state index in [1.807, 2.05) is 0 Å². The molecule has 0 aliphatic rings. The molecule has 0 radical (unpaired) electrons. The fraction of sp³-hybridized carbons (Fsp3) is 0.0909. The summed E-state index contributed by atoms with van der Waals surface area (Å²) in [5.41, 5.74) is 0.487. The van der Waals surface area contributed by atoms with E-state index in [-0.39, 0.29) is 17.5 Å². The van der Waals surface area contributed by atoms with Crippen LogP contribution in [0.4, 0.5) is 8.78 Å². The zero-order valence-electron chi connectivity index (χ0n) is 8.53. The quantitative estimate of drug-likeness (QED) is 0.791. The van der Waals surface area contributed by atoms with E-state index >= 15 is 0 Å². The number of aromatic nitrogens is 2. The topological polar surface area (TPSA) is 35.0 Å². The molecule has 0 atom stereocenters. The van der Waals surface area contributed by atoms with Crippen molar-refractivity contribution in [1.82, 2.24) is 9.97 Å². The maximum atomic E-state index is 13.3. The van der Waals surface area contributed by atoms with Crippen molar-refractivity contribution in [2.75, 3.05) is 0 Å². The van der Waals surface area contributed by atoms with Gasteiger partial charge in [0.15, 0.2) is 11.6 Å². The van der Waals surface area contributed by atoms with Gasteiger partial charge in [0.1, 0.15) is 0 Å². The van der Waals surface area contributed by atoms with Gasteiger partial charge in [0.2, 0.25) is 11.7 Å². The lowest BCUT2D eigenvalue weighted by molar-refractivity contribution is 0.403. The summed E-state index contributed by atoms with van der Waals surface area (Å²) in [4.78, 5) is 7.77. The number of benzene rings is 1. The Morgan fingerprint density at radius 2 is 2.06 bits per heavy atom. The van der Waals surface area contributed by atoms with Crippen LogP contribution in [0.3, 0.4) is 0 Å². The maximum Gasteiger partial charge on any atom is 0.238 e. The monoisotopic (exact) mass is 256 g/mol. The van der Waals surface area contributed by atoms with Crippen LogP contribution in [0.15, 0.2) is 30.6 Å². The van der Waals surface area contributed by atoms with Crippen molar-refractivity contribution in [3.8, 4) is 11.6 Å². The van der Waals surface area contributed by atoms with E-state index in [0.29, 0.717) is 5.69 Å². The van der Waals surface area contributed by atoms with Crippen molar-refractivity contribution in [2.45, 2.75) is 5.88 Å². The van der Waals surface area contributed by atoms with Gasteiger partial charge in [0, 0.05) is 6.20 Å². The maximum absolute atomic E-state index is 13.3. The molecular weight excluding hydrogens is 250 g/mol. The number of alkyl halides is 1. The first-order chi connectivity index (χ1) is 8.20. The minimum absolute atomic E-state index is 0.0626. The highest BCUT2D eigenvalue weighted by Gasteiger charge is 2.10. The van der Waals surface area contributed by atoms with Gasteiger partial charge >= 0.3 is 0 Å². The van der Waals surface area contributed by atoms with Gasteiger partial charge in [-0.3, -0.25) is 4.98 Å². The molecule has 88 valence electrons. The van der Waals surface area contributed by atoms with Gasteiger partial charge in [-0.2, -0.15) is 4.39 Å². The fourth-order valence-electron chi connectivity index (χ4n) is 1.18. The van der Waals surface area contributed by atoms with E-state index in [9.17, 15) is 8.78 Å². The van der Waals surface area contributed by atoms with Gasteiger partial charge in [-0.15, -0.1) is 11.6 Å². The lowest BCUT2D eigenvalue weighted by Gasteiger charge is -2.06. The van der Waals surface area contributed by atoms with E-state index in [1.165, 1.54) is 24.5 Å². The minimum atomic E-state index is -1.06. The predicted octanol–water partition coefficient (Wildman–Crippen LogP) is 3.29. The van der Waals surface area contributed by atoms with E-state index < -0.39 is 11.6 Å². The SMILES string of the molecule is Fc1cccc(Oc2cncc(CCl)n2)c1F. The molecule has 17 heavy (non-hydrogen) atoms. The Bertz CT molecular complexity index is 537. The van der Waals surface area contributed by atoms with Crippen LogP contribution in [0.25, 0.3) is 0 Å². The zero-order valence-corrected chi connectivity index (χ0v) is 9.29. The van der Waals surface area contributed by atoms with Gasteiger partial charge in [-0.25, -0.2) is 9.37 Å². The average Bonchev–Trinajstić information content (AvgIpc) is 2.35. The standard InChI is InChI=1S/C11H7ClF2N2O/c12-4-7-5-15-6-10(16-7)17-9-3-1-2-8(13)11(9)14/h1-3,5-6H,4H2. The van der Waals surface area contributed by atoms with E-state index in [0.717, 1.165) is 6.07 Å². The molecule has 3 nitrogen and oxygen atoms in total. The molecule has 0 fully saturated rings. The van der Waals surface area contributed by atoms with Crippen LogP contribution < -0.4 is 4.74 Å².